The number of nitrogens with zero attached hydrogens (tertiary/aromatic N) is 1. The highest BCUT2D eigenvalue weighted by atomic mass is 32.1. The SMILES string of the molecule is O=C(Nc1[nH]nc2sccc12)c1ccc(OC(F)(F)F)cc1. The molecule has 2 heterocycles. The molecule has 0 aliphatic carbocycles. The third-order valence-electron chi connectivity index (χ3n) is 2.77. The van der Waals surface area contributed by atoms with Gasteiger partial charge in [0.2, 0.25) is 0 Å². The molecule has 0 saturated heterocycles. The van der Waals surface area contributed by atoms with Crippen molar-refractivity contribution in [3.05, 3.63) is 41.3 Å². The largest absolute Gasteiger partial charge is 0.573 e. The minimum Gasteiger partial charge on any atom is -0.406 e. The van der Waals surface area contributed by atoms with Crippen LogP contribution in [0.3, 0.4) is 0 Å². The molecule has 1 amide bonds. The van der Waals surface area contributed by atoms with Crippen LogP contribution in [-0.2, 0) is 0 Å². The lowest BCUT2D eigenvalue weighted by atomic mass is 10.2. The van der Waals surface area contributed by atoms with Crippen molar-refractivity contribution in [3.63, 3.8) is 0 Å². The Hall–Kier alpha value is -2.55. The Kier molecular flexibility index (Phi) is 3.49. The van der Waals surface area contributed by atoms with Crippen molar-refractivity contribution < 1.29 is 22.7 Å². The number of carbonyl (C=O) groups is 1. The summed E-state index contributed by atoms with van der Waals surface area (Å²) in [5.41, 5.74) is 0.201. The molecule has 22 heavy (non-hydrogen) atoms. The van der Waals surface area contributed by atoms with Crippen LogP contribution in [0.1, 0.15) is 10.4 Å². The first-order chi connectivity index (χ1) is 10.4. The van der Waals surface area contributed by atoms with E-state index in [4.69, 9.17) is 0 Å². The summed E-state index contributed by atoms with van der Waals surface area (Å²) in [6.07, 6.45) is -4.76. The van der Waals surface area contributed by atoms with E-state index in [1.165, 1.54) is 23.5 Å². The molecule has 3 aromatic rings. The van der Waals surface area contributed by atoms with Crippen LogP contribution in [0, 0.1) is 0 Å². The van der Waals surface area contributed by atoms with Crippen molar-refractivity contribution in [2.75, 3.05) is 5.32 Å². The summed E-state index contributed by atoms with van der Waals surface area (Å²) >= 11 is 1.42. The van der Waals surface area contributed by atoms with E-state index < -0.39 is 12.3 Å². The first kappa shape index (κ1) is 14.4. The average Bonchev–Trinajstić information content (AvgIpc) is 3.02. The molecule has 0 unspecified atom stereocenters. The second kappa shape index (κ2) is 5.34. The van der Waals surface area contributed by atoms with E-state index in [9.17, 15) is 18.0 Å². The molecule has 1 aromatic carbocycles. The van der Waals surface area contributed by atoms with Gasteiger partial charge in [0, 0.05) is 5.56 Å². The molecular formula is C13H8F3N3O2S. The molecule has 114 valence electrons. The van der Waals surface area contributed by atoms with Crippen molar-refractivity contribution in [1.82, 2.24) is 10.2 Å². The third-order valence-corrected chi connectivity index (χ3v) is 3.58. The fourth-order valence-electron chi connectivity index (χ4n) is 1.83. The normalized spacial score (nSPS) is 11.6. The van der Waals surface area contributed by atoms with Gasteiger partial charge >= 0.3 is 6.36 Å². The molecule has 3 rings (SSSR count). The zero-order valence-electron chi connectivity index (χ0n) is 10.8. The maximum atomic E-state index is 12.1. The van der Waals surface area contributed by atoms with Crippen LogP contribution in [0.2, 0.25) is 0 Å². The predicted octanol–water partition coefficient (Wildman–Crippen LogP) is 3.78. The molecule has 0 saturated carbocycles. The number of nitrogens with one attached hydrogen (secondary N) is 2. The summed E-state index contributed by atoms with van der Waals surface area (Å²) in [5, 5.41) is 11.9. The summed E-state index contributed by atoms with van der Waals surface area (Å²) in [6, 6.07) is 6.46. The lowest BCUT2D eigenvalue weighted by Crippen LogP contribution is -2.17. The number of hydrogen-bond acceptors (Lipinski definition) is 4. The van der Waals surface area contributed by atoms with Crippen molar-refractivity contribution in [1.29, 1.82) is 0 Å². The Balaban J connectivity index is 1.74. The van der Waals surface area contributed by atoms with E-state index in [2.05, 4.69) is 20.3 Å². The molecule has 9 heteroatoms. The fourth-order valence-corrected chi connectivity index (χ4v) is 2.56. The van der Waals surface area contributed by atoms with Gasteiger partial charge in [0.25, 0.3) is 5.91 Å². The number of amides is 1. The Morgan fingerprint density at radius 2 is 1.95 bits per heavy atom. The van der Waals surface area contributed by atoms with Crippen LogP contribution in [0.5, 0.6) is 5.75 Å². The van der Waals surface area contributed by atoms with Gasteiger partial charge in [-0.15, -0.1) is 24.5 Å². The highest BCUT2D eigenvalue weighted by Crippen LogP contribution is 2.26. The molecule has 0 fully saturated rings. The number of benzene rings is 1. The zero-order valence-corrected chi connectivity index (χ0v) is 11.6. The summed E-state index contributed by atoms with van der Waals surface area (Å²) in [4.78, 5) is 12.8. The maximum Gasteiger partial charge on any atom is 0.573 e. The number of halogens is 3. The first-order valence-electron chi connectivity index (χ1n) is 6.01. The van der Waals surface area contributed by atoms with Crippen molar-refractivity contribution in [2.45, 2.75) is 6.36 Å². The van der Waals surface area contributed by atoms with E-state index >= 15 is 0 Å². The molecule has 0 atom stereocenters. The predicted molar refractivity (Wildman–Crippen MR) is 75.0 cm³/mol. The standard InChI is InChI=1S/C13H8F3N3O2S/c14-13(15,16)21-8-3-1-7(2-4-8)11(20)17-10-9-5-6-22-12(9)19-18-10/h1-6H,(H2,17,18,19,20). The molecular weight excluding hydrogens is 319 g/mol. The van der Waals surface area contributed by atoms with Gasteiger partial charge in [0.05, 0.1) is 5.39 Å². The highest BCUT2D eigenvalue weighted by Gasteiger charge is 2.31. The van der Waals surface area contributed by atoms with E-state index in [-0.39, 0.29) is 11.3 Å². The summed E-state index contributed by atoms with van der Waals surface area (Å²) in [7, 11) is 0. The second-order valence-corrected chi connectivity index (χ2v) is 5.16. The smallest absolute Gasteiger partial charge is 0.406 e. The minimum atomic E-state index is -4.76. The van der Waals surface area contributed by atoms with Gasteiger partial charge in [-0.3, -0.25) is 9.89 Å². The number of alkyl halides is 3. The zero-order chi connectivity index (χ0) is 15.7. The number of carbonyl (C=O) groups excluding carboxylic acids is 1. The molecule has 0 bridgehead atoms. The molecule has 0 aliphatic heterocycles. The lowest BCUT2D eigenvalue weighted by Gasteiger charge is -2.09. The van der Waals surface area contributed by atoms with Gasteiger partial charge in [-0.2, -0.15) is 5.10 Å². The van der Waals surface area contributed by atoms with Crippen molar-refractivity contribution >= 4 is 33.3 Å². The molecule has 2 aromatic heterocycles. The quantitative estimate of drug-likeness (QED) is 0.769. The van der Waals surface area contributed by atoms with Crippen LogP contribution < -0.4 is 10.1 Å². The Morgan fingerprint density at radius 1 is 1.23 bits per heavy atom. The Labute approximate surface area is 125 Å². The molecule has 0 spiro atoms. The molecule has 0 aliphatic rings. The number of rotatable bonds is 3. The highest BCUT2D eigenvalue weighted by molar-refractivity contribution is 7.16. The van der Waals surface area contributed by atoms with Gasteiger partial charge < -0.3 is 10.1 Å². The molecule has 2 N–H and O–H groups in total. The Morgan fingerprint density at radius 3 is 2.64 bits per heavy atom. The Bertz CT molecular complexity index is 808. The van der Waals surface area contributed by atoms with E-state index in [1.54, 1.807) is 6.07 Å². The van der Waals surface area contributed by atoms with E-state index in [0.29, 0.717) is 5.82 Å². The first-order valence-corrected chi connectivity index (χ1v) is 6.89. The number of aromatic amines is 1. The van der Waals surface area contributed by atoms with Crippen LogP contribution in [0.4, 0.5) is 19.0 Å². The van der Waals surface area contributed by atoms with Crippen molar-refractivity contribution in [2.24, 2.45) is 0 Å². The summed E-state index contributed by atoms with van der Waals surface area (Å²) < 4.78 is 39.9. The van der Waals surface area contributed by atoms with Gasteiger partial charge in [-0.05, 0) is 35.7 Å². The molecule has 5 nitrogen and oxygen atoms in total. The van der Waals surface area contributed by atoms with Gasteiger partial charge in [0.15, 0.2) is 0 Å². The minimum absolute atomic E-state index is 0.201. The van der Waals surface area contributed by atoms with E-state index in [1.807, 2.05) is 5.38 Å². The fraction of sp³-hybridized carbons (Fsp3) is 0.0769. The number of H-pyrrole nitrogens is 1. The van der Waals surface area contributed by atoms with Crippen LogP contribution in [-0.4, -0.2) is 22.5 Å². The second-order valence-electron chi connectivity index (χ2n) is 4.26. The lowest BCUT2D eigenvalue weighted by molar-refractivity contribution is -0.274. The summed E-state index contributed by atoms with van der Waals surface area (Å²) in [6.45, 7) is 0. The maximum absolute atomic E-state index is 12.1. The molecule has 0 radical (unpaired) electrons. The van der Waals surface area contributed by atoms with Crippen LogP contribution in [0.25, 0.3) is 10.2 Å². The number of fused-ring (bicyclic) bond motifs is 1. The van der Waals surface area contributed by atoms with Crippen LogP contribution >= 0.6 is 11.3 Å². The van der Waals surface area contributed by atoms with Gasteiger partial charge in [-0.25, -0.2) is 0 Å². The number of hydrogen-bond donors (Lipinski definition) is 2. The number of thiophene rings is 1. The average molecular weight is 327 g/mol. The van der Waals surface area contributed by atoms with Crippen LogP contribution in [0.15, 0.2) is 35.7 Å². The van der Waals surface area contributed by atoms with Crippen molar-refractivity contribution in [3.8, 4) is 5.75 Å². The van der Waals surface area contributed by atoms with Gasteiger partial charge in [-0.1, -0.05) is 0 Å². The summed E-state index contributed by atoms with van der Waals surface area (Å²) in [5.74, 6) is -0.405. The number of anilines is 1. The third kappa shape index (κ3) is 3.03. The topological polar surface area (TPSA) is 67.0 Å². The van der Waals surface area contributed by atoms with E-state index in [0.717, 1.165) is 22.3 Å². The number of ether oxygens (including phenoxy) is 1. The monoisotopic (exact) mass is 327 g/mol. The number of aromatic nitrogens is 2. The van der Waals surface area contributed by atoms with Gasteiger partial charge in [0.1, 0.15) is 16.4 Å².